The molecule has 0 saturated heterocycles. The van der Waals surface area contributed by atoms with Crippen LogP contribution in [0.15, 0.2) is 46.4 Å². The molecule has 1 amide bonds. The lowest BCUT2D eigenvalue weighted by Crippen LogP contribution is -2.13. The highest BCUT2D eigenvalue weighted by molar-refractivity contribution is 7.15. The van der Waals surface area contributed by atoms with Crippen molar-refractivity contribution in [3.05, 3.63) is 58.3 Å². The van der Waals surface area contributed by atoms with E-state index in [1.165, 1.54) is 48.8 Å². The van der Waals surface area contributed by atoms with Gasteiger partial charge in [0.2, 0.25) is 5.13 Å². The number of nitriles is 1. The minimum atomic E-state index is -1.04. The normalized spacial score (nSPS) is 14.7. The first-order chi connectivity index (χ1) is 15.5. The second kappa shape index (κ2) is 9.58. The average Bonchev–Trinajstić information content (AvgIpc) is 3.48. The summed E-state index contributed by atoms with van der Waals surface area (Å²) in [5.74, 6) is -0.514. The first-order valence-corrected chi connectivity index (χ1v) is 11.1. The highest BCUT2D eigenvalue weighted by Crippen LogP contribution is 2.35. The zero-order valence-corrected chi connectivity index (χ0v) is 17.9. The van der Waals surface area contributed by atoms with Crippen molar-refractivity contribution >= 4 is 34.4 Å². The van der Waals surface area contributed by atoms with Crippen LogP contribution < -0.4 is 5.32 Å². The molecule has 0 bridgehead atoms. The van der Waals surface area contributed by atoms with Crippen molar-refractivity contribution in [3.63, 3.8) is 0 Å². The summed E-state index contributed by atoms with van der Waals surface area (Å²) in [6, 6.07) is 11.5. The minimum absolute atomic E-state index is 0.137. The first-order valence-electron chi connectivity index (χ1n) is 10.2. The SMILES string of the molecule is N#C/C(=C/c1ccc(-c2cccc(C(=O)O)c2)o1)C(=O)Nc1nnc(C2CCCCC2)s1. The Morgan fingerprint density at radius 3 is 2.75 bits per heavy atom. The molecule has 162 valence electrons. The van der Waals surface area contributed by atoms with Crippen molar-refractivity contribution in [2.24, 2.45) is 0 Å². The molecule has 2 aromatic heterocycles. The number of hydrogen-bond donors (Lipinski definition) is 2. The molecule has 0 spiro atoms. The van der Waals surface area contributed by atoms with Gasteiger partial charge in [0.05, 0.1) is 5.56 Å². The maximum absolute atomic E-state index is 12.6. The number of nitrogens with zero attached hydrogens (tertiary/aromatic N) is 3. The average molecular weight is 449 g/mol. The van der Waals surface area contributed by atoms with Crippen LogP contribution in [0.2, 0.25) is 0 Å². The number of aromatic carboxylic acids is 1. The number of amides is 1. The fraction of sp³-hybridized carbons (Fsp3) is 0.261. The standard InChI is InChI=1S/C23H20N4O4S/c24-13-17(20(28)25-23-27-26-21(32-23)14-5-2-1-3-6-14)12-18-9-10-19(31-18)15-7-4-8-16(11-15)22(29)30/h4,7-12,14H,1-3,5-6H2,(H,29,30)(H,25,27,28)/b17-12-. The van der Waals surface area contributed by atoms with Gasteiger partial charge in [-0.3, -0.25) is 10.1 Å². The van der Waals surface area contributed by atoms with Gasteiger partial charge in [0.15, 0.2) is 0 Å². The molecule has 1 aliphatic rings. The third-order valence-electron chi connectivity index (χ3n) is 5.29. The van der Waals surface area contributed by atoms with Crippen LogP contribution in [0.3, 0.4) is 0 Å². The number of anilines is 1. The smallest absolute Gasteiger partial charge is 0.335 e. The number of hydrogen-bond acceptors (Lipinski definition) is 7. The number of aromatic nitrogens is 2. The summed E-state index contributed by atoms with van der Waals surface area (Å²) in [7, 11) is 0. The van der Waals surface area contributed by atoms with Gasteiger partial charge in [-0.05, 0) is 37.1 Å². The van der Waals surface area contributed by atoms with E-state index in [-0.39, 0.29) is 11.1 Å². The van der Waals surface area contributed by atoms with Crippen molar-refractivity contribution in [1.29, 1.82) is 5.26 Å². The lowest BCUT2D eigenvalue weighted by molar-refractivity contribution is -0.112. The molecule has 1 saturated carbocycles. The van der Waals surface area contributed by atoms with Gasteiger partial charge in [-0.2, -0.15) is 5.26 Å². The molecule has 32 heavy (non-hydrogen) atoms. The lowest BCUT2D eigenvalue weighted by Gasteiger charge is -2.18. The summed E-state index contributed by atoms with van der Waals surface area (Å²) >= 11 is 1.34. The number of furan rings is 1. The highest BCUT2D eigenvalue weighted by Gasteiger charge is 2.21. The quantitative estimate of drug-likeness (QED) is 0.397. The minimum Gasteiger partial charge on any atom is -0.478 e. The molecule has 2 heterocycles. The van der Waals surface area contributed by atoms with E-state index >= 15 is 0 Å². The van der Waals surface area contributed by atoms with Gasteiger partial charge in [-0.1, -0.05) is 42.7 Å². The molecule has 2 N–H and O–H groups in total. The van der Waals surface area contributed by atoms with Gasteiger partial charge in [0, 0.05) is 17.6 Å². The fourth-order valence-corrected chi connectivity index (χ4v) is 4.55. The summed E-state index contributed by atoms with van der Waals surface area (Å²) in [5, 5.41) is 30.8. The first kappa shape index (κ1) is 21.5. The number of rotatable bonds is 6. The number of carboxylic acid groups (broad SMARTS) is 1. The van der Waals surface area contributed by atoms with E-state index in [1.807, 2.05) is 6.07 Å². The Bertz CT molecular complexity index is 1210. The largest absolute Gasteiger partial charge is 0.478 e. The van der Waals surface area contributed by atoms with Crippen molar-refractivity contribution < 1.29 is 19.1 Å². The topological polar surface area (TPSA) is 129 Å². The Balaban J connectivity index is 1.47. The molecule has 0 aliphatic heterocycles. The van der Waals surface area contributed by atoms with Crippen molar-refractivity contribution in [2.45, 2.75) is 38.0 Å². The molecule has 3 aromatic rings. The summed E-state index contributed by atoms with van der Waals surface area (Å²) in [6.45, 7) is 0. The number of carbonyl (C=O) groups is 2. The zero-order chi connectivity index (χ0) is 22.5. The lowest BCUT2D eigenvalue weighted by atomic mass is 9.90. The molecule has 9 heteroatoms. The molecule has 1 aliphatic carbocycles. The molecule has 0 unspecified atom stereocenters. The molecule has 0 radical (unpaired) electrons. The Morgan fingerprint density at radius 1 is 1.19 bits per heavy atom. The second-order valence-electron chi connectivity index (χ2n) is 7.49. The fourth-order valence-electron chi connectivity index (χ4n) is 3.65. The van der Waals surface area contributed by atoms with Crippen LogP contribution in [0, 0.1) is 11.3 Å². The number of nitrogens with one attached hydrogen (secondary N) is 1. The van der Waals surface area contributed by atoms with Crippen LogP contribution in [-0.2, 0) is 4.79 Å². The highest BCUT2D eigenvalue weighted by atomic mass is 32.1. The van der Waals surface area contributed by atoms with Crippen LogP contribution in [0.25, 0.3) is 17.4 Å². The molecule has 1 aromatic carbocycles. The Kier molecular flexibility index (Phi) is 6.42. The van der Waals surface area contributed by atoms with Gasteiger partial charge >= 0.3 is 5.97 Å². The zero-order valence-electron chi connectivity index (χ0n) is 17.1. The van der Waals surface area contributed by atoms with Crippen molar-refractivity contribution in [3.8, 4) is 17.4 Å². The Hall–Kier alpha value is -3.77. The number of carbonyl (C=O) groups excluding carboxylic acids is 1. The third kappa shape index (κ3) is 4.92. The molecule has 1 fully saturated rings. The summed E-state index contributed by atoms with van der Waals surface area (Å²) in [5.41, 5.74) is 0.578. The molecular weight excluding hydrogens is 428 g/mol. The van der Waals surface area contributed by atoms with E-state index in [9.17, 15) is 14.9 Å². The Morgan fingerprint density at radius 2 is 2.00 bits per heavy atom. The van der Waals surface area contributed by atoms with E-state index in [1.54, 1.807) is 24.3 Å². The van der Waals surface area contributed by atoms with Crippen LogP contribution in [0.4, 0.5) is 5.13 Å². The maximum Gasteiger partial charge on any atom is 0.335 e. The van der Waals surface area contributed by atoms with Gasteiger partial charge in [-0.15, -0.1) is 10.2 Å². The molecule has 0 atom stereocenters. The number of carboxylic acids is 1. The van der Waals surface area contributed by atoms with Gasteiger partial charge in [0.25, 0.3) is 5.91 Å². The summed E-state index contributed by atoms with van der Waals surface area (Å²) in [6.07, 6.45) is 7.11. The maximum atomic E-state index is 12.6. The predicted octanol–water partition coefficient (Wildman–Crippen LogP) is 5.09. The second-order valence-corrected chi connectivity index (χ2v) is 8.50. The van der Waals surface area contributed by atoms with E-state index in [2.05, 4.69) is 15.5 Å². The Labute approximate surface area is 188 Å². The van der Waals surface area contributed by atoms with Crippen LogP contribution in [0.5, 0.6) is 0 Å². The predicted molar refractivity (Wildman–Crippen MR) is 119 cm³/mol. The molecular formula is C23H20N4O4S. The van der Waals surface area contributed by atoms with E-state index in [4.69, 9.17) is 9.52 Å². The van der Waals surface area contributed by atoms with Gasteiger partial charge < -0.3 is 9.52 Å². The van der Waals surface area contributed by atoms with E-state index in [0.717, 1.165) is 17.8 Å². The van der Waals surface area contributed by atoms with E-state index in [0.29, 0.717) is 28.1 Å². The van der Waals surface area contributed by atoms with Gasteiger partial charge in [-0.25, -0.2) is 4.79 Å². The van der Waals surface area contributed by atoms with Gasteiger partial charge in [0.1, 0.15) is 28.2 Å². The summed E-state index contributed by atoms with van der Waals surface area (Å²) < 4.78 is 5.69. The third-order valence-corrected chi connectivity index (χ3v) is 6.29. The van der Waals surface area contributed by atoms with Crippen molar-refractivity contribution in [2.75, 3.05) is 5.32 Å². The number of benzene rings is 1. The molecule has 8 nitrogen and oxygen atoms in total. The molecule has 4 rings (SSSR count). The van der Waals surface area contributed by atoms with Crippen molar-refractivity contribution in [1.82, 2.24) is 10.2 Å². The monoisotopic (exact) mass is 448 g/mol. The van der Waals surface area contributed by atoms with E-state index < -0.39 is 11.9 Å². The van der Waals surface area contributed by atoms with Crippen LogP contribution >= 0.6 is 11.3 Å². The van der Waals surface area contributed by atoms with Crippen LogP contribution in [0.1, 0.15) is 59.1 Å². The van der Waals surface area contributed by atoms with Crippen LogP contribution in [-0.4, -0.2) is 27.2 Å². The summed E-state index contributed by atoms with van der Waals surface area (Å²) in [4.78, 5) is 23.7.